The Balaban J connectivity index is 1.48. The van der Waals surface area contributed by atoms with Gasteiger partial charge in [0.1, 0.15) is 5.75 Å². The zero-order valence-corrected chi connectivity index (χ0v) is 22.7. The molecule has 1 aromatic heterocycles. The maximum absolute atomic E-state index is 10.6. The SMILES string of the molecule is COc1cc(C)c2[nH]ccc2c1CN1CCC2(CC1c1ccc(C(C)(C)O)cc1)CC(C(C)(C)O)C2. The van der Waals surface area contributed by atoms with Crippen LogP contribution in [0.2, 0.25) is 0 Å². The minimum Gasteiger partial charge on any atom is -0.496 e. The Kier molecular flexibility index (Phi) is 6.26. The summed E-state index contributed by atoms with van der Waals surface area (Å²) < 4.78 is 5.87. The van der Waals surface area contributed by atoms with Crippen molar-refractivity contribution in [1.82, 2.24) is 9.88 Å². The van der Waals surface area contributed by atoms with Crippen molar-refractivity contribution in [2.24, 2.45) is 11.3 Å². The van der Waals surface area contributed by atoms with Gasteiger partial charge >= 0.3 is 0 Å². The molecule has 5 rings (SSSR count). The Morgan fingerprint density at radius 2 is 1.75 bits per heavy atom. The highest BCUT2D eigenvalue weighted by Gasteiger charge is 2.52. The summed E-state index contributed by atoms with van der Waals surface area (Å²) in [5, 5.41) is 22.3. The molecule has 0 amide bonds. The molecule has 1 aliphatic heterocycles. The minimum absolute atomic E-state index is 0.275. The first kappa shape index (κ1) is 25.3. The summed E-state index contributed by atoms with van der Waals surface area (Å²) in [5.41, 5.74) is 4.67. The van der Waals surface area contributed by atoms with Gasteiger partial charge in [-0.05, 0) is 107 Å². The van der Waals surface area contributed by atoms with Crippen LogP contribution in [0.1, 0.15) is 81.7 Å². The summed E-state index contributed by atoms with van der Waals surface area (Å²) in [6.45, 7) is 11.5. The van der Waals surface area contributed by atoms with Gasteiger partial charge in [0.25, 0.3) is 0 Å². The van der Waals surface area contributed by atoms with Crippen LogP contribution < -0.4 is 4.74 Å². The lowest BCUT2D eigenvalue weighted by molar-refractivity contribution is -0.119. The Bertz CT molecular complexity index is 1220. The molecule has 2 fully saturated rings. The van der Waals surface area contributed by atoms with Gasteiger partial charge in [0.2, 0.25) is 0 Å². The average Bonchev–Trinajstić information content (AvgIpc) is 3.29. The molecule has 2 aliphatic rings. The number of rotatable bonds is 6. The van der Waals surface area contributed by atoms with Crippen LogP contribution in [-0.4, -0.2) is 39.4 Å². The average molecular weight is 491 g/mol. The third kappa shape index (κ3) is 4.57. The molecule has 2 heterocycles. The van der Waals surface area contributed by atoms with Crippen molar-refractivity contribution in [3.05, 3.63) is 64.8 Å². The first-order valence-corrected chi connectivity index (χ1v) is 13.3. The predicted octanol–water partition coefficient (Wildman–Crippen LogP) is 6.22. The lowest BCUT2D eigenvalue weighted by atomic mass is 9.52. The maximum Gasteiger partial charge on any atom is 0.124 e. The van der Waals surface area contributed by atoms with Crippen LogP contribution in [0.5, 0.6) is 5.75 Å². The van der Waals surface area contributed by atoms with E-state index in [-0.39, 0.29) is 6.04 Å². The molecule has 36 heavy (non-hydrogen) atoms. The molecular formula is C31H42N2O3. The van der Waals surface area contributed by atoms with Crippen LogP contribution in [0, 0.1) is 18.3 Å². The van der Waals surface area contributed by atoms with Crippen LogP contribution >= 0.6 is 0 Å². The van der Waals surface area contributed by atoms with E-state index in [9.17, 15) is 10.2 Å². The maximum atomic E-state index is 10.6. The molecule has 1 saturated heterocycles. The number of nitrogens with zero attached hydrogens (tertiary/aromatic N) is 1. The van der Waals surface area contributed by atoms with E-state index in [4.69, 9.17) is 4.74 Å². The Morgan fingerprint density at radius 1 is 1.06 bits per heavy atom. The van der Waals surface area contributed by atoms with Crippen molar-refractivity contribution < 1.29 is 14.9 Å². The number of nitrogens with one attached hydrogen (secondary N) is 1. The second-order valence-corrected chi connectivity index (χ2v) is 12.5. The van der Waals surface area contributed by atoms with Gasteiger partial charge in [0.15, 0.2) is 0 Å². The van der Waals surface area contributed by atoms with E-state index >= 15 is 0 Å². The van der Waals surface area contributed by atoms with Crippen molar-refractivity contribution >= 4 is 10.9 Å². The highest BCUT2D eigenvalue weighted by Crippen LogP contribution is 2.59. The molecule has 194 valence electrons. The number of aromatic nitrogens is 1. The molecule has 5 heteroatoms. The molecule has 3 aromatic rings. The third-order valence-corrected chi connectivity index (χ3v) is 9.05. The number of aryl methyl sites for hydroxylation is 1. The summed E-state index contributed by atoms with van der Waals surface area (Å²) in [5.74, 6) is 1.32. The van der Waals surface area contributed by atoms with E-state index in [1.165, 1.54) is 27.6 Å². The van der Waals surface area contributed by atoms with E-state index in [2.05, 4.69) is 53.2 Å². The fraction of sp³-hybridized carbons (Fsp3) is 0.548. The molecular weight excluding hydrogens is 448 g/mol. The number of aliphatic hydroxyl groups is 2. The molecule has 1 atom stereocenters. The first-order valence-electron chi connectivity index (χ1n) is 13.3. The topological polar surface area (TPSA) is 68.7 Å². The number of ether oxygens (including phenoxy) is 1. The van der Waals surface area contributed by atoms with Gasteiger partial charge in [-0.3, -0.25) is 4.90 Å². The molecule has 1 unspecified atom stereocenters. The Hall–Kier alpha value is -2.34. The fourth-order valence-corrected chi connectivity index (χ4v) is 6.65. The number of aromatic amines is 1. The van der Waals surface area contributed by atoms with E-state index < -0.39 is 11.2 Å². The molecule has 5 nitrogen and oxygen atoms in total. The number of hydrogen-bond acceptors (Lipinski definition) is 4. The number of H-pyrrole nitrogens is 1. The third-order valence-electron chi connectivity index (χ3n) is 9.05. The molecule has 0 bridgehead atoms. The van der Waals surface area contributed by atoms with Crippen LogP contribution in [0.3, 0.4) is 0 Å². The Morgan fingerprint density at radius 3 is 2.36 bits per heavy atom. The van der Waals surface area contributed by atoms with Crippen LogP contribution in [0.15, 0.2) is 42.6 Å². The van der Waals surface area contributed by atoms with Crippen molar-refractivity contribution in [3.63, 3.8) is 0 Å². The minimum atomic E-state index is -0.852. The number of likely N-dealkylation sites (tertiary alicyclic amines) is 1. The number of methoxy groups -OCH3 is 1. The van der Waals surface area contributed by atoms with Gasteiger partial charge in [0, 0.05) is 35.2 Å². The van der Waals surface area contributed by atoms with E-state index in [1.807, 2.05) is 33.9 Å². The summed E-state index contributed by atoms with van der Waals surface area (Å²) in [6, 6.07) is 13.1. The van der Waals surface area contributed by atoms with Crippen molar-refractivity contribution in [2.45, 2.75) is 84.1 Å². The summed E-state index contributed by atoms with van der Waals surface area (Å²) in [7, 11) is 1.76. The standard InChI is InChI=1S/C31H42N2O3/c1-20-15-27(36-6)25(24-11-13-32-28(20)24)19-33-14-12-31(16-23(17-31)30(4,5)35)18-26(33)21-7-9-22(10-8-21)29(2,3)34/h7-11,13,15,23,26,32,34-35H,12,14,16-19H2,1-6H3. The van der Waals surface area contributed by atoms with Gasteiger partial charge in [-0.1, -0.05) is 24.3 Å². The lowest BCUT2D eigenvalue weighted by Crippen LogP contribution is -2.53. The zero-order chi connectivity index (χ0) is 25.9. The monoisotopic (exact) mass is 490 g/mol. The number of piperidine rings is 1. The molecule has 3 N–H and O–H groups in total. The van der Waals surface area contributed by atoms with E-state index in [1.54, 1.807) is 7.11 Å². The van der Waals surface area contributed by atoms with E-state index in [0.717, 1.165) is 50.1 Å². The number of hydrogen-bond donors (Lipinski definition) is 3. The fourth-order valence-electron chi connectivity index (χ4n) is 6.65. The van der Waals surface area contributed by atoms with Gasteiger partial charge in [0.05, 0.1) is 18.3 Å². The van der Waals surface area contributed by atoms with Crippen LogP contribution in [-0.2, 0) is 12.1 Å². The molecule has 1 spiro atoms. The highest BCUT2D eigenvalue weighted by atomic mass is 16.5. The lowest BCUT2D eigenvalue weighted by Gasteiger charge is -2.57. The zero-order valence-electron chi connectivity index (χ0n) is 22.7. The first-order chi connectivity index (χ1) is 16.9. The van der Waals surface area contributed by atoms with Crippen LogP contribution in [0.4, 0.5) is 0 Å². The van der Waals surface area contributed by atoms with E-state index in [0.29, 0.717) is 11.3 Å². The molecule has 1 saturated carbocycles. The highest BCUT2D eigenvalue weighted by molar-refractivity contribution is 5.88. The predicted molar refractivity (Wildman–Crippen MR) is 145 cm³/mol. The second-order valence-electron chi connectivity index (χ2n) is 12.5. The summed E-state index contributed by atoms with van der Waals surface area (Å²) in [4.78, 5) is 6.02. The van der Waals surface area contributed by atoms with Crippen molar-refractivity contribution in [2.75, 3.05) is 13.7 Å². The van der Waals surface area contributed by atoms with Crippen LogP contribution in [0.25, 0.3) is 10.9 Å². The van der Waals surface area contributed by atoms with Gasteiger partial charge in [-0.2, -0.15) is 0 Å². The molecule has 2 aromatic carbocycles. The van der Waals surface area contributed by atoms with Crippen molar-refractivity contribution in [1.29, 1.82) is 0 Å². The second kappa shape index (κ2) is 8.90. The molecule has 0 radical (unpaired) electrons. The van der Waals surface area contributed by atoms with Crippen molar-refractivity contribution in [3.8, 4) is 5.75 Å². The quantitative estimate of drug-likeness (QED) is 0.384. The van der Waals surface area contributed by atoms with Gasteiger partial charge in [-0.25, -0.2) is 0 Å². The van der Waals surface area contributed by atoms with Gasteiger partial charge < -0.3 is 19.9 Å². The number of benzene rings is 2. The summed E-state index contributed by atoms with van der Waals surface area (Å²) in [6.07, 6.45) is 6.45. The number of fused-ring (bicyclic) bond motifs is 1. The normalized spacial score (nSPS) is 25.3. The Labute approximate surface area is 215 Å². The van der Waals surface area contributed by atoms with Gasteiger partial charge in [-0.15, -0.1) is 0 Å². The summed E-state index contributed by atoms with van der Waals surface area (Å²) >= 11 is 0. The smallest absolute Gasteiger partial charge is 0.124 e. The molecule has 1 aliphatic carbocycles. The largest absolute Gasteiger partial charge is 0.496 e.